The summed E-state index contributed by atoms with van der Waals surface area (Å²) < 4.78 is 5.14. The molecule has 1 amide bonds. The monoisotopic (exact) mass is 355 g/mol. The van der Waals surface area contributed by atoms with Crippen LogP contribution in [0.5, 0.6) is 0 Å². The molecule has 136 valence electrons. The van der Waals surface area contributed by atoms with Gasteiger partial charge in [-0.3, -0.25) is 0 Å². The minimum Gasteiger partial charge on any atom is -0.479 e. The summed E-state index contributed by atoms with van der Waals surface area (Å²) in [5.41, 5.74) is -0.327. The molecule has 0 aromatic heterocycles. The van der Waals surface area contributed by atoms with E-state index in [0.29, 0.717) is 11.8 Å². The molecule has 0 radical (unpaired) electrons. The number of carboxylic acids is 1. The summed E-state index contributed by atoms with van der Waals surface area (Å²) in [6, 6.07) is 17.9. The van der Waals surface area contributed by atoms with Gasteiger partial charge in [0.25, 0.3) is 0 Å². The Kier molecular flexibility index (Phi) is 6.49. The average molecular weight is 355 g/mol. The van der Waals surface area contributed by atoms with Crippen molar-refractivity contribution in [2.24, 2.45) is 0 Å². The normalized spacial score (nSPS) is 13.9. The third-order valence-electron chi connectivity index (χ3n) is 4.36. The Morgan fingerprint density at radius 1 is 1.12 bits per heavy atom. The molecular formula is C20H21NO5. The van der Waals surface area contributed by atoms with Gasteiger partial charge in [0.1, 0.15) is 12.9 Å². The molecule has 0 aliphatic carbocycles. The van der Waals surface area contributed by atoms with Crippen LogP contribution in [0.25, 0.3) is 0 Å². The predicted molar refractivity (Wildman–Crippen MR) is 95.7 cm³/mol. The number of carbonyl (C=O) groups is 3. The lowest BCUT2D eigenvalue weighted by Crippen LogP contribution is -2.58. The fraction of sp³-hybridized carbons (Fsp3) is 0.250. The summed E-state index contributed by atoms with van der Waals surface area (Å²) in [6.07, 6.45) is -0.773. The highest BCUT2D eigenvalue weighted by atomic mass is 16.5. The molecule has 0 heterocycles. The number of carbonyl (C=O) groups excluding carboxylic acids is 2. The minimum atomic E-state index is -1.79. The Morgan fingerprint density at radius 3 is 2.23 bits per heavy atom. The minimum absolute atomic E-state index is 0.00315. The summed E-state index contributed by atoms with van der Waals surface area (Å²) in [5.74, 6) is -1.94. The average Bonchev–Trinajstić information content (AvgIpc) is 2.66. The fourth-order valence-electron chi connectivity index (χ4n) is 2.76. The number of carboxylic acid groups (broad SMARTS) is 1. The lowest BCUT2D eigenvalue weighted by atomic mass is 9.78. The van der Waals surface area contributed by atoms with Crippen LogP contribution in [0.2, 0.25) is 0 Å². The molecule has 0 saturated carbocycles. The number of amides is 1. The van der Waals surface area contributed by atoms with E-state index in [1.165, 1.54) is 0 Å². The highest BCUT2D eigenvalue weighted by Gasteiger charge is 2.46. The first kappa shape index (κ1) is 19.2. The maximum Gasteiger partial charge on any atom is 0.408 e. The number of hydrogen-bond donors (Lipinski definition) is 2. The molecule has 0 bridgehead atoms. The third kappa shape index (κ3) is 4.47. The molecular weight excluding hydrogens is 334 g/mol. The lowest BCUT2D eigenvalue weighted by molar-refractivity contribution is -0.147. The van der Waals surface area contributed by atoms with Crippen LogP contribution in [-0.2, 0) is 20.9 Å². The lowest BCUT2D eigenvalue weighted by Gasteiger charge is -2.34. The smallest absolute Gasteiger partial charge is 0.408 e. The van der Waals surface area contributed by atoms with Crippen LogP contribution < -0.4 is 5.32 Å². The van der Waals surface area contributed by atoms with E-state index in [-0.39, 0.29) is 13.0 Å². The standard InChI is InChI=1S/C20H21NO5/c1-15(17-10-6-3-7-11-17)20(12-13-22,18(23)24)21-19(25)26-14-16-8-4-2-5-9-16/h2-11,13,15H,12,14H2,1H3,(H,21,25)(H,23,24)/t15?,20-/m0/s1. The number of hydrogen-bond acceptors (Lipinski definition) is 4. The number of aldehydes is 1. The first-order valence-electron chi connectivity index (χ1n) is 8.20. The van der Waals surface area contributed by atoms with Crippen molar-refractivity contribution < 1.29 is 24.2 Å². The molecule has 2 aromatic carbocycles. The second kappa shape index (κ2) is 8.80. The van der Waals surface area contributed by atoms with E-state index in [1.54, 1.807) is 49.4 Å². The Hall–Kier alpha value is -3.15. The van der Waals surface area contributed by atoms with Crippen LogP contribution in [0.4, 0.5) is 4.79 Å². The molecule has 2 N–H and O–H groups in total. The van der Waals surface area contributed by atoms with Crippen LogP contribution in [0.3, 0.4) is 0 Å². The van der Waals surface area contributed by atoms with Crippen molar-refractivity contribution >= 4 is 18.3 Å². The highest BCUT2D eigenvalue weighted by Crippen LogP contribution is 2.31. The SMILES string of the molecule is CC(c1ccccc1)[C@](CC=O)(NC(=O)OCc1ccccc1)C(=O)O. The summed E-state index contributed by atoms with van der Waals surface area (Å²) in [5, 5.41) is 12.2. The Labute approximate surface area is 151 Å². The Bertz CT molecular complexity index is 747. The molecule has 2 rings (SSSR count). The molecule has 2 aromatic rings. The second-order valence-corrected chi connectivity index (χ2v) is 5.97. The van der Waals surface area contributed by atoms with Crippen molar-refractivity contribution in [2.45, 2.75) is 31.4 Å². The molecule has 2 atom stereocenters. The van der Waals surface area contributed by atoms with Crippen LogP contribution in [0.1, 0.15) is 30.4 Å². The Morgan fingerprint density at radius 2 is 1.69 bits per heavy atom. The maximum absolute atomic E-state index is 12.2. The van der Waals surface area contributed by atoms with Gasteiger partial charge in [-0.1, -0.05) is 67.6 Å². The van der Waals surface area contributed by atoms with Gasteiger partial charge < -0.3 is 20.0 Å². The summed E-state index contributed by atoms with van der Waals surface area (Å²) in [6.45, 7) is 1.66. The molecule has 1 unspecified atom stereocenters. The van der Waals surface area contributed by atoms with Gasteiger partial charge in [-0.25, -0.2) is 9.59 Å². The van der Waals surface area contributed by atoms with E-state index in [0.717, 1.165) is 5.56 Å². The fourth-order valence-corrected chi connectivity index (χ4v) is 2.76. The molecule has 0 aliphatic heterocycles. The van der Waals surface area contributed by atoms with E-state index in [1.807, 2.05) is 18.2 Å². The maximum atomic E-state index is 12.2. The zero-order chi connectivity index (χ0) is 19.0. The van der Waals surface area contributed by atoms with Gasteiger partial charge in [0.05, 0.1) is 0 Å². The van der Waals surface area contributed by atoms with E-state index in [9.17, 15) is 19.5 Å². The van der Waals surface area contributed by atoms with Crippen molar-refractivity contribution in [3.05, 3.63) is 71.8 Å². The van der Waals surface area contributed by atoms with Gasteiger partial charge in [-0.05, 0) is 11.1 Å². The zero-order valence-corrected chi connectivity index (χ0v) is 14.4. The molecule has 6 nitrogen and oxygen atoms in total. The van der Waals surface area contributed by atoms with Crippen LogP contribution in [0, 0.1) is 0 Å². The van der Waals surface area contributed by atoms with Crippen LogP contribution in [0.15, 0.2) is 60.7 Å². The van der Waals surface area contributed by atoms with Crippen molar-refractivity contribution in [2.75, 3.05) is 0 Å². The van der Waals surface area contributed by atoms with Gasteiger partial charge >= 0.3 is 12.1 Å². The predicted octanol–water partition coefficient (Wildman–Crippen LogP) is 3.13. The molecule has 0 spiro atoms. The van der Waals surface area contributed by atoms with Gasteiger partial charge in [0.2, 0.25) is 0 Å². The molecule has 6 heteroatoms. The summed E-state index contributed by atoms with van der Waals surface area (Å²) in [7, 11) is 0. The number of rotatable bonds is 8. The third-order valence-corrected chi connectivity index (χ3v) is 4.36. The van der Waals surface area contributed by atoms with Crippen LogP contribution in [-0.4, -0.2) is 29.0 Å². The highest BCUT2D eigenvalue weighted by molar-refractivity contribution is 5.88. The number of aliphatic carboxylic acids is 1. The van der Waals surface area contributed by atoms with Gasteiger partial charge in [0.15, 0.2) is 5.54 Å². The summed E-state index contributed by atoms with van der Waals surface area (Å²) in [4.78, 5) is 35.4. The van der Waals surface area contributed by atoms with Gasteiger partial charge in [0, 0.05) is 12.3 Å². The summed E-state index contributed by atoms with van der Waals surface area (Å²) >= 11 is 0. The second-order valence-electron chi connectivity index (χ2n) is 5.97. The van der Waals surface area contributed by atoms with E-state index < -0.39 is 23.5 Å². The van der Waals surface area contributed by atoms with E-state index >= 15 is 0 Å². The van der Waals surface area contributed by atoms with Crippen LogP contribution >= 0.6 is 0 Å². The first-order chi connectivity index (χ1) is 12.5. The molecule has 0 aliphatic rings. The Balaban J connectivity index is 2.19. The van der Waals surface area contributed by atoms with Gasteiger partial charge in [-0.2, -0.15) is 0 Å². The van der Waals surface area contributed by atoms with Crippen molar-refractivity contribution in [3.8, 4) is 0 Å². The quantitative estimate of drug-likeness (QED) is 0.710. The van der Waals surface area contributed by atoms with Crippen molar-refractivity contribution in [1.29, 1.82) is 0 Å². The first-order valence-corrected chi connectivity index (χ1v) is 8.20. The van der Waals surface area contributed by atoms with Crippen molar-refractivity contribution in [1.82, 2.24) is 5.32 Å². The molecule has 26 heavy (non-hydrogen) atoms. The molecule has 0 fully saturated rings. The van der Waals surface area contributed by atoms with E-state index in [4.69, 9.17) is 4.74 Å². The largest absolute Gasteiger partial charge is 0.479 e. The molecule has 0 saturated heterocycles. The number of ether oxygens (including phenoxy) is 1. The number of alkyl carbamates (subject to hydrolysis) is 1. The zero-order valence-electron chi connectivity index (χ0n) is 14.4. The number of benzene rings is 2. The number of nitrogens with one attached hydrogen (secondary N) is 1. The topological polar surface area (TPSA) is 92.7 Å². The van der Waals surface area contributed by atoms with E-state index in [2.05, 4.69) is 5.32 Å². The van der Waals surface area contributed by atoms with Crippen molar-refractivity contribution in [3.63, 3.8) is 0 Å². The van der Waals surface area contributed by atoms with Gasteiger partial charge in [-0.15, -0.1) is 0 Å².